The van der Waals surface area contributed by atoms with Crippen molar-refractivity contribution in [2.24, 2.45) is 0 Å². The summed E-state index contributed by atoms with van der Waals surface area (Å²) in [4.78, 5) is 0. The molecular formula is C46H29FN2. The Bertz CT molecular complexity index is 2860. The lowest BCUT2D eigenvalue weighted by Gasteiger charge is -2.13. The number of benzene rings is 8. The van der Waals surface area contributed by atoms with Gasteiger partial charge >= 0.3 is 0 Å². The summed E-state index contributed by atoms with van der Waals surface area (Å²) in [5.74, 6) is -0.227. The highest BCUT2D eigenvalue weighted by Crippen LogP contribution is 2.42. The fourth-order valence-electron chi connectivity index (χ4n) is 7.79. The van der Waals surface area contributed by atoms with Crippen LogP contribution in [0.3, 0.4) is 0 Å². The van der Waals surface area contributed by atoms with Crippen molar-refractivity contribution >= 4 is 54.4 Å². The first kappa shape index (κ1) is 27.6. The van der Waals surface area contributed by atoms with Crippen LogP contribution in [0.2, 0.25) is 0 Å². The molecule has 0 bridgehead atoms. The van der Waals surface area contributed by atoms with Gasteiger partial charge < -0.3 is 9.13 Å². The molecular weight excluding hydrogens is 600 g/mol. The summed E-state index contributed by atoms with van der Waals surface area (Å²) in [5.41, 5.74) is 11.4. The lowest BCUT2D eigenvalue weighted by atomic mass is 9.91. The summed E-state index contributed by atoms with van der Waals surface area (Å²) in [5, 5.41) is 7.22. The zero-order valence-corrected chi connectivity index (χ0v) is 26.5. The fraction of sp³-hybridized carbons (Fsp3) is 0. The summed E-state index contributed by atoms with van der Waals surface area (Å²) >= 11 is 0. The molecule has 0 aliphatic rings. The molecule has 0 fully saturated rings. The van der Waals surface area contributed by atoms with Crippen molar-refractivity contribution in [3.63, 3.8) is 0 Å². The predicted octanol–water partition coefficient (Wildman–Crippen LogP) is 12.5. The Morgan fingerprint density at radius 3 is 1.41 bits per heavy atom. The molecule has 0 unspecified atom stereocenters. The molecule has 2 heterocycles. The minimum atomic E-state index is -0.227. The summed E-state index contributed by atoms with van der Waals surface area (Å²) in [6.45, 7) is 0. The van der Waals surface area contributed by atoms with Crippen LogP contribution in [0.25, 0.3) is 88.0 Å². The van der Waals surface area contributed by atoms with E-state index in [0.717, 1.165) is 33.5 Å². The van der Waals surface area contributed by atoms with Crippen molar-refractivity contribution in [3.05, 3.63) is 182 Å². The summed E-state index contributed by atoms with van der Waals surface area (Å²) in [6, 6.07) is 61.3. The number of hydrogen-bond acceptors (Lipinski definition) is 0. The number of nitrogens with zero attached hydrogens (tertiary/aromatic N) is 2. The maximum Gasteiger partial charge on any atom is 0.123 e. The number of halogens is 1. The van der Waals surface area contributed by atoms with Crippen LogP contribution in [0.5, 0.6) is 0 Å². The van der Waals surface area contributed by atoms with Gasteiger partial charge in [-0.05, 0) is 99.8 Å². The van der Waals surface area contributed by atoms with Crippen LogP contribution in [0.1, 0.15) is 0 Å². The van der Waals surface area contributed by atoms with E-state index < -0.39 is 0 Å². The second-order valence-electron chi connectivity index (χ2n) is 12.7. The molecule has 2 nitrogen and oxygen atoms in total. The highest BCUT2D eigenvalue weighted by molar-refractivity contribution is 6.20. The molecule has 3 heteroatoms. The van der Waals surface area contributed by atoms with Crippen molar-refractivity contribution in [1.82, 2.24) is 9.13 Å². The summed E-state index contributed by atoms with van der Waals surface area (Å²) in [7, 11) is 0. The van der Waals surface area contributed by atoms with E-state index in [0.29, 0.717) is 0 Å². The molecule has 0 saturated carbocycles. The Hall–Kier alpha value is -6.45. The van der Waals surface area contributed by atoms with E-state index in [2.05, 4.69) is 161 Å². The average Bonchev–Trinajstić information content (AvgIpc) is 3.66. The standard InChI is InChI=1S/C46H29FN2/c47-32-22-19-30(20-23-32)35-24-25-36(38-16-8-7-15-37(35)38)31-21-26-44-40(27-31)42-28-41-39-17-9-10-18-43(39)48(33-11-3-1-4-12-33)45(41)29-46(42)49(44)34-13-5-2-6-14-34/h1-29H. The van der Waals surface area contributed by atoms with Crippen LogP contribution in [-0.2, 0) is 0 Å². The minimum absolute atomic E-state index is 0.227. The van der Waals surface area contributed by atoms with Gasteiger partial charge in [-0.25, -0.2) is 4.39 Å². The molecule has 230 valence electrons. The molecule has 49 heavy (non-hydrogen) atoms. The highest BCUT2D eigenvalue weighted by atomic mass is 19.1. The smallest absolute Gasteiger partial charge is 0.123 e. The number of fused-ring (bicyclic) bond motifs is 7. The second kappa shape index (κ2) is 10.8. The second-order valence-corrected chi connectivity index (χ2v) is 12.7. The predicted molar refractivity (Wildman–Crippen MR) is 203 cm³/mol. The van der Waals surface area contributed by atoms with Gasteiger partial charge in [0.1, 0.15) is 5.82 Å². The Labute approximate surface area is 282 Å². The molecule has 10 aromatic rings. The first-order valence-corrected chi connectivity index (χ1v) is 16.6. The molecule has 8 aromatic carbocycles. The normalized spacial score (nSPS) is 11.8. The average molecular weight is 629 g/mol. The largest absolute Gasteiger partial charge is 0.309 e. The third-order valence-corrected chi connectivity index (χ3v) is 9.98. The van der Waals surface area contributed by atoms with Crippen molar-refractivity contribution < 1.29 is 4.39 Å². The summed E-state index contributed by atoms with van der Waals surface area (Å²) < 4.78 is 18.6. The number of aromatic nitrogens is 2. The van der Waals surface area contributed by atoms with Crippen LogP contribution >= 0.6 is 0 Å². The molecule has 0 spiro atoms. The van der Waals surface area contributed by atoms with Gasteiger partial charge in [0.2, 0.25) is 0 Å². The van der Waals surface area contributed by atoms with E-state index >= 15 is 0 Å². The third-order valence-electron chi connectivity index (χ3n) is 9.98. The third kappa shape index (κ3) is 4.26. The van der Waals surface area contributed by atoms with Gasteiger partial charge in [-0.1, -0.05) is 109 Å². The van der Waals surface area contributed by atoms with E-state index in [1.165, 1.54) is 66.7 Å². The van der Waals surface area contributed by atoms with E-state index in [4.69, 9.17) is 0 Å². The fourth-order valence-corrected chi connectivity index (χ4v) is 7.79. The molecule has 0 saturated heterocycles. The molecule has 0 aliphatic carbocycles. The maximum atomic E-state index is 13.8. The molecule has 2 aromatic heterocycles. The number of hydrogen-bond donors (Lipinski definition) is 0. The van der Waals surface area contributed by atoms with Crippen molar-refractivity contribution in [2.45, 2.75) is 0 Å². The quantitative estimate of drug-likeness (QED) is 0.184. The van der Waals surface area contributed by atoms with E-state index in [1.807, 2.05) is 12.1 Å². The first-order valence-electron chi connectivity index (χ1n) is 16.6. The molecule has 0 aliphatic heterocycles. The van der Waals surface area contributed by atoms with E-state index in [-0.39, 0.29) is 5.82 Å². The molecule has 0 radical (unpaired) electrons. The van der Waals surface area contributed by atoms with Crippen LogP contribution in [0.4, 0.5) is 4.39 Å². The van der Waals surface area contributed by atoms with Gasteiger partial charge in [0, 0.05) is 32.9 Å². The zero-order valence-electron chi connectivity index (χ0n) is 26.5. The topological polar surface area (TPSA) is 9.86 Å². The monoisotopic (exact) mass is 628 g/mol. The SMILES string of the molecule is Fc1ccc(-c2ccc(-c3ccc4c(c3)c3cc5c6ccccc6n(-c6ccccc6)c5cc3n4-c3ccccc3)c3ccccc23)cc1. The highest BCUT2D eigenvalue weighted by Gasteiger charge is 2.19. The van der Waals surface area contributed by atoms with Crippen molar-refractivity contribution in [1.29, 1.82) is 0 Å². The van der Waals surface area contributed by atoms with Gasteiger partial charge in [0.15, 0.2) is 0 Å². The van der Waals surface area contributed by atoms with Crippen molar-refractivity contribution in [2.75, 3.05) is 0 Å². The number of rotatable bonds is 4. The van der Waals surface area contributed by atoms with Gasteiger partial charge in [-0.15, -0.1) is 0 Å². The van der Waals surface area contributed by atoms with Gasteiger partial charge in [-0.3, -0.25) is 0 Å². The Morgan fingerprint density at radius 2 is 0.776 bits per heavy atom. The molecule has 10 rings (SSSR count). The molecule has 0 amide bonds. The molecule has 0 N–H and O–H groups in total. The Morgan fingerprint density at radius 1 is 0.306 bits per heavy atom. The zero-order chi connectivity index (χ0) is 32.5. The Kier molecular flexibility index (Phi) is 6.09. The van der Waals surface area contributed by atoms with Crippen LogP contribution in [0.15, 0.2) is 176 Å². The van der Waals surface area contributed by atoms with Gasteiger partial charge in [0.05, 0.1) is 22.1 Å². The lowest BCUT2D eigenvalue weighted by molar-refractivity contribution is 0.628. The minimum Gasteiger partial charge on any atom is -0.309 e. The molecule has 0 atom stereocenters. The first-order chi connectivity index (χ1) is 24.2. The van der Waals surface area contributed by atoms with Crippen LogP contribution in [-0.4, -0.2) is 9.13 Å². The van der Waals surface area contributed by atoms with Crippen molar-refractivity contribution in [3.8, 4) is 33.6 Å². The van der Waals surface area contributed by atoms with Crippen LogP contribution in [0, 0.1) is 5.82 Å². The van der Waals surface area contributed by atoms with E-state index in [1.54, 1.807) is 0 Å². The Balaban J connectivity index is 1.27. The maximum absolute atomic E-state index is 13.8. The summed E-state index contributed by atoms with van der Waals surface area (Å²) in [6.07, 6.45) is 0. The number of para-hydroxylation sites is 3. The lowest BCUT2D eigenvalue weighted by Crippen LogP contribution is -1.95. The van der Waals surface area contributed by atoms with Gasteiger partial charge in [0.25, 0.3) is 0 Å². The van der Waals surface area contributed by atoms with Gasteiger partial charge in [-0.2, -0.15) is 0 Å². The van der Waals surface area contributed by atoms with E-state index in [9.17, 15) is 4.39 Å². The van der Waals surface area contributed by atoms with Crippen LogP contribution < -0.4 is 0 Å².